The van der Waals surface area contributed by atoms with E-state index in [0.717, 1.165) is 5.56 Å². The summed E-state index contributed by atoms with van der Waals surface area (Å²) in [5, 5.41) is 2.88. The van der Waals surface area contributed by atoms with Crippen LogP contribution >= 0.6 is 11.6 Å². The van der Waals surface area contributed by atoms with Gasteiger partial charge in [0.1, 0.15) is 5.82 Å². The number of benzene rings is 2. The number of likely N-dealkylation sites (tertiary alicyclic amines) is 1. The molecule has 1 aliphatic heterocycles. The van der Waals surface area contributed by atoms with Gasteiger partial charge in [-0.2, -0.15) is 0 Å². The third-order valence-electron chi connectivity index (χ3n) is 4.36. The van der Waals surface area contributed by atoms with Crippen molar-refractivity contribution in [2.75, 3.05) is 18.5 Å². The van der Waals surface area contributed by atoms with Crippen molar-refractivity contribution in [1.29, 1.82) is 0 Å². The second kappa shape index (κ2) is 8.84. The molecule has 0 saturated carbocycles. The smallest absolute Gasteiger partial charge is 0.311 e. The number of carbonyl (C=O) groups excluding carboxylic acids is 3. The fourth-order valence-electron chi connectivity index (χ4n) is 2.92. The Hall–Kier alpha value is -2.93. The predicted molar refractivity (Wildman–Crippen MR) is 101 cm³/mol. The van der Waals surface area contributed by atoms with Crippen molar-refractivity contribution in [1.82, 2.24) is 4.90 Å². The zero-order valence-corrected chi connectivity index (χ0v) is 15.6. The minimum atomic E-state index is -0.657. The maximum atomic E-state index is 13.5. The van der Waals surface area contributed by atoms with Crippen LogP contribution in [0.1, 0.15) is 12.0 Å². The summed E-state index contributed by atoms with van der Waals surface area (Å²) in [5.41, 5.74) is 0.793. The number of halogens is 2. The van der Waals surface area contributed by atoms with Crippen LogP contribution in [0.4, 0.5) is 10.1 Å². The summed E-state index contributed by atoms with van der Waals surface area (Å²) in [6.07, 6.45) is 0.0121. The minimum absolute atomic E-state index is 0.00510. The number of hydrogen-bond acceptors (Lipinski definition) is 4. The van der Waals surface area contributed by atoms with Crippen molar-refractivity contribution in [3.05, 3.63) is 64.9 Å². The molecular weight excluding hydrogens is 387 g/mol. The SMILES string of the molecule is O=C(COC(=O)[C@@H]1CC(=O)N(Cc2ccccc2Cl)C1)Nc1ccccc1F. The van der Waals surface area contributed by atoms with Gasteiger partial charge >= 0.3 is 5.97 Å². The van der Waals surface area contributed by atoms with Crippen LogP contribution in [0, 0.1) is 11.7 Å². The molecule has 2 aromatic carbocycles. The van der Waals surface area contributed by atoms with Crippen molar-refractivity contribution in [3.8, 4) is 0 Å². The molecule has 1 atom stereocenters. The summed E-state index contributed by atoms with van der Waals surface area (Å²) in [7, 11) is 0. The molecule has 2 amide bonds. The Bertz CT molecular complexity index is 905. The Morgan fingerprint density at radius 1 is 1.18 bits per heavy atom. The number of esters is 1. The van der Waals surface area contributed by atoms with E-state index in [9.17, 15) is 18.8 Å². The highest BCUT2D eigenvalue weighted by Gasteiger charge is 2.35. The molecule has 1 heterocycles. The summed E-state index contributed by atoms with van der Waals surface area (Å²) in [6, 6.07) is 12.8. The summed E-state index contributed by atoms with van der Waals surface area (Å²) < 4.78 is 18.5. The lowest BCUT2D eigenvalue weighted by Crippen LogP contribution is -2.28. The van der Waals surface area contributed by atoms with E-state index in [1.165, 1.54) is 23.1 Å². The fraction of sp³-hybridized carbons (Fsp3) is 0.250. The summed E-state index contributed by atoms with van der Waals surface area (Å²) >= 11 is 6.11. The third kappa shape index (κ3) is 4.86. The summed E-state index contributed by atoms with van der Waals surface area (Å²) in [4.78, 5) is 37.8. The maximum Gasteiger partial charge on any atom is 0.311 e. The lowest BCUT2D eigenvalue weighted by Gasteiger charge is -2.17. The van der Waals surface area contributed by atoms with E-state index in [1.54, 1.807) is 18.2 Å². The van der Waals surface area contributed by atoms with Gasteiger partial charge in [-0.05, 0) is 23.8 Å². The molecule has 1 N–H and O–H groups in total. The number of ether oxygens (including phenoxy) is 1. The second-order valence-electron chi connectivity index (χ2n) is 6.40. The molecule has 8 heteroatoms. The Balaban J connectivity index is 1.50. The van der Waals surface area contributed by atoms with E-state index in [-0.39, 0.29) is 24.6 Å². The molecule has 1 aliphatic rings. The Morgan fingerprint density at radius 3 is 2.64 bits per heavy atom. The van der Waals surface area contributed by atoms with Crippen molar-refractivity contribution in [2.24, 2.45) is 5.92 Å². The first-order chi connectivity index (χ1) is 13.4. The first kappa shape index (κ1) is 19.8. The molecule has 3 rings (SSSR count). The lowest BCUT2D eigenvalue weighted by molar-refractivity contribution is -0.151. The van der Waals surface area contributed by atoms with Gasteiger partial charge in [0.2, 0.25) is 5.91 Å². The number of rotatable bonds is 6. The van der Waals surface area contributed by atoms with Crippen molar-refractivity contribution >= 4 is 35.1 Å². The number of nitrogens with one attached hydrogen (secondary N) is 1. The average Bonchev–Trinajstić information content (AvgIpc) is 3.04. The topological polar surface area (TPSA) is 75.7 Å². The van der Waals surface area contributed by atoms with Crippen LogP contribution in [0.25, 0.3) is 0 Å². The number of anilines is 1. The van der Waals surface area contributed by atoms with Gasteiger partial charge in [0.15, 0.2) is 6.61 Å². The quantitative estimate of drug-likeness (QED) is 0.751. The monoisotopic (exact) mass is 404 g/mol. The molecule has 0 bridgehead atoms. The molecule has 146 valence electrons. The van der Waals surface area contributed by atoms with Crippen molar-refractivity contribution in [2.45, 2.75) is 13.0 Å². The average molecular weight is 405 g/mol. The standard InChI is InChI=1S/C20H18ClFN2O4/c21-15-6-2-1-5-13(15)10-24-11-14(9-19(24)26)20(27)28-12-18(25)23-17-8-4-3-7-16(17)22/h1-8,14H,9-12H2,(H,23,25)/t14-/m1/s1. The molecular formula is C20H18ClFN2O4. The van der Waals surface area contributed by atoms with Crippen LogP contribution in [0.2, 0.25) is 5.02 Å². The highest BCUT2D eigenvalue weighted by molar-refractivity contribution is 6.31. The summed E-state index contributed by atoms with van der Waals surface area (Å²) in [6.45, 7) is -0.0593. The molecule has 0 radical (unpaired) electrons. The van der Waals surface area contributed by atoms with Gasteiger partial charge in [-0.25, -0.2) is 4.39 Å². The first-order valence-electron chi connectivity index (χ1n) is 8.66. The van der Waals surface area contributed by atoms with Crippen LogP contribution in [0.5, 0.6) is 0 Å². The number of carbonyl (C=O) groups is 3. The van der Waals surface area contributed by atoms with Gasteiger partial charge in [-0.1, -0.05) is 41.9 Å². The van der Waals surface area contributed by atoms with Crippen molar-refractivity contribution in [3.63, 3.8) is 0 Å². The van der Waals surface area contributed by atoms with E-state index in [0.29, 0.717) is 11.6 Å². The fourth-order valence-corrected chi connectivity index (χ4v) is 3.11. The van der Waals surface area contributed by atoms with Gasteiger partial charge in [0.25, 0.3) is 5.91 Å². The molecule has 1 fully saturated rings. The van der Waals surface area contributed by atoms with Gasteiger partial charge in [0.05, 0.1) is 11.6 Å². The number of para-hydroxylation sites is 1. The van der Waals surface area contributed by atoms with Gasteiger partial charge in [-0.3, -0.25) is 14.4 Å². The molecule has 0 aliphatic carbocycles. The normalized spacial score (nSPS) is 16.1. The van der Waals surface area contributed by atoms with E-state index in [2.05, 4.69) is 5.32 Å². The minimum Gasteiger partial charge on any atom is -0.455 e. The van der Waals surface area contributed by atoms with Crippen molar-refractivity contribution < 1.29 is 23.5 Å². The molecule has 0 unspecified atom stereocenters. The Labute approximate surface area is 166 Å². The van der Waals surface area contributed by atoms with Crippen LogP contribution in [0.3, 0.4) is 0 Å². The molecule has 6 nitrogen and oxygen atoms in total. The second-order valence-corrected chi connectivity index (χ2v) is 6.81. The van der Waals surface area contributed by atoms with E-state index < -0.39 is 30.2 Å². The third-order valence-corrected chi connectivity index (χ3v) is 4.73. The molecule has 0 aromatic heterocycles. The van der Waals surface area contributed by atoms with Crippen LogP contribution in [0.15, 0.2) is 48.5 Å². The molecule has 0 spiro atoms. The van der Waals surface area contributed by atoms with E-state index >= 15 is 0 Å². The van der Waals surface area contributed by atoms with Gasteiger partial charge < -0.3 is 15.0 Å². The van der Waals surface area contributed by atoms with E-state index in [4.69, 9.17) is 16.3 Å². The zero-order chi connectivity index (χ0) is 20.1. The zero-order valence-electron chi connectivity index (χ0n) is 14.9. The first-order valence-corrected chi connectivity index (χ1v) is 9.04. The predicted octanol–water partition coefficient (Wildman–Crippen LogP) is 3.01. The van der Waals surface area contributed by atoms with Crippen LogP contribution < -0.4 is 5.32 Å². The highest BCUT2D eigenvalue weighted by Crippen LogP contribution is 2.24. The van der Waals surface area contributed by atoms with E-state index in [1.807, 2.05) is 12.1 Å². The number of hydrogen-bond donors (Lipinski definition) is 1. The highest BCUT2D eigenvalue weighted by atomic mass is 35.5. The molecule has 2 aromatic rings. The maximum absolute atomic E-state index is 13.5. The number of amides is 2. The largest absolute Gasteiger partial charge is 0.455 e. The number of nitrogens with zero attached hydrogens (tertiary/aromatic N) is 1. The Kier molecular flexibility index (Phi) is 6.26. The van der Waals surface area contributed by atoms with Gasteiger partial charge in [-0.15, -0.1) is 0 Å². The Morgan fingerprint density at radius 2 is 1.89 bits per heavy atom. The lowest BCUT2D eigenvalue weighted by atomic mass is 10.1. The molecule has 28 heavy (non-hydrogen) atoms. The van der Waals surface area contributed by atoms with Crippen LogP contribution in [-0.2, 0) is 25.7 Å². The van der Waals surface area contributed by atoms with Gasteiger partial charge in [0, 0.05) is 24.5 Å². The molecule has 1 saturated heterocycles. The summed E-state index contributed by atoms with van der Waals surface area (Å²) in [5.74, 6) is -2.72. The van der Waals surface area contributed by atoms with Crippen LogP contribution in [-0.4, -0.2) is 35.8 Å².